The van der Waals surface area contributed by atoms with E-state index in [1.165, 1.54) is 7.05 Å². The molecule has 0 bridgehead atoms. The first-order valence-corrected chi connectivity index (χ1v) is 3.99. The minimum Gasteiger partial charge on any atom is -0.368 e. The van der Waals surface area contributed by atoms with Crippen molar-refractivity contribution in [3.8, 4) is 0 Å². The van der Waals surface area contributed by atoms with Crippen LogP contribution in [-0.4, -0.2) is 37.5 Å². The van der Waals surface area contributed by atoms with E-state index in [2.05, 4.69) is 10.6 Å². The largest absolute Gasteiger partial charge is 0.368 e. The fourth-order valence-electron chi connectivity index (χ4n) is 0.714. The molecule has 0 saturated carbocycles. The maximum atomic E-state index is 11.0. The SMILES string of the molecule is CNC(=O)C(C)NCC(N)C(N)=O. The van der Waals surface area contributed by atoms with Gasteiger partial charge in [-0.3, -0.25) is 9.59 Å². The van der Waals surface area contributed by atoms with E-state index < -0.39 is 11.9 Å². The number of nitrogens with one attached hydrogen (secondary N) is 2. The van der Waals surface area contributed by atoms with Gasteiger partial charge in [0.2, 0.25) is 11.8 Å². The van der Waals surface area contributed by atoms with Gasteiger partial charge < -0.3 is 22.1 Å². The number of nitrogens with two attached hydrogens (primary N) is 2. The Bertz CT molecular complexity index is 195. The number of carbonyl (C=O) groups is 2. The van der Waals surface area contributed by atoms with E-state index >= 15 is 0 Å². The Morgan fingerprint density at radius 3 is 2.38 bits per heavy atom. The summed E-state index contributed by atoms with van der Waals surface area (Å²) in [6.07, 6.45) is 0. The predicted molar refractivity (Wildman–Crippen MR) is 48.7 cm³/mol. The lowest BCUT2D eigenvalue weighted by molar-refractivity contribution is -0.123. The molecule has 0 heterocycles. The molecule has 0 aliphatic rings. The first-order chi connectivity index (χ1) is 5.99. The highest BCUT2D eigenvalue weighted by Gasteiger charge is 2.14. The van der Waals surface area contributed by atoms with Crippen LogP contribution in [0.1, 0.15) is 6.92 Å². The highest BCUT2D eigenvalue weighted by atomic mass is 16.2. The number of carbonyl (C=O) groups excluding carboxylic acids is 2. The molecule has 6 heteroatoms. The third kappa shape index (κ3) is 4.44. The fraction of sp³-hybridized carbons (Fsp3) is 0.714. The van der Waals surface area contributed by atoms with Gasteiger partial charge in [0, 0.05) is 13.6 Å². The van der Waals surface area contributed by atoms with E-state index in [-0.39, 0.29) is 18.5 Å². The maximum absolute atomic E-state index is 11.0. The molecule has 0 rings (SSSR count). The molecule has 6 nitrogen and oxygen atoms in total. The van der Waals surface area contributed by atoms with Gasteiger partial charge in [-0.05, 0) is 6.92 Å². The Balaban J connectivity index is 3.76. The van der Waals surface area contributed by atoms with E-state index in [1.807, 2.05) is 0 Å². The van der Waals surface area contributed by atoms with Crippen LogP contribution in [0.2, 0.25) is 0 Å². The van der Waals surface area contributed by atoms with Crippen molar-refractivity contribution in [2.24, 2.45) is 11.5 Å². The molecule has 2 amide bonds. The first kappa shape index (κ1) is 11.9. The molecule has 0 aromatic heterocycles. The molecule has 0 aromatic carbocycles. The monoisotopic (exact) mass is 188 g/mol. The molecule has 0 aromatic rings. The average Bonchev–Trinajstić information content (AvgIpc) is 2.11. The van der Waals surface area contributed by atoms with Gasteiger partial charge in [-0.15, -0.1) is 0 Å². The lowest BCUT2D eigenvalue weighted by Gasteiger charge is -2.14. The smallest absolute Gasteiger partial charge is 0.236 e. The average molecular weight is 188 g/mol. The van der Waals surface area contributed by atoms with Crippen LogP contribution in [0.3, 0.4) is 0 Å². The standard InChI is InChI=1S/C7H16N4O2/c1-4(7(13)10-2)11-3-5(8)6(9)12/h4-5,11H,3,8H2,1-2H3,(H2,9,12)(H,10,13). The van der Waals surface area contributed by atoms with Crippen molar-refractivity contribution in [1.82, 2.24) is 10.6 Å². The zero-order valence-corrected chi connectivity index (χ0v) is 7.83. The number of hydrogen-bond donors (Lipinski definition) is 4. The Hall–Kier alpha value is -1.14. The molecule has 0 fully saturated rings. The summed E-state index contributed by atoms with van der Waals surface area (Å²) in [5.41, 5.74) is 10.3. The number of amides is 2. The van der Waals surface area contributed by atoms with Gasteiger partial charge in [-0.2, -0.15) is 0 Å². The van der Waals surface area contributed by atoms with Crippen LogP contribution >= 0.6 is 0 Å². The van der Waals surface area contributed by atoms with E-state index in [9.17, 15) is 9.59 Å². The second-order valence-electron chi connectivity index (χ2n) is 2.75. The summed E-state index contributed by atoms with van der Waals surface area (Å²) < 4.78 is 0. The van der Waals surface area contributed by atoms with Crippen molar-refractivity contribution in [3.63, 3.8) is 0 Å². The minimum absolute atomic E-state index is 0.156. The summed E-state index contributed by atoms with van der Waals surface area (Å²) in [6, 6.07) is -1.14. The van der Waals surface area contributed by atoms with E-state index in [1.54, 1.807) is 6.92 Å². The van der Waals surface area contributed by atoms with Crippen LogP contribution in [0.15, 0.2) is 0 Å². The molecule has 2 unspecified atom stereocenters. The van der Waals surface area contributed by atoms with Gasteiger partial charge in [0.05, 0.1) is 12.1 Å². The summed E-state index contributed by atoms with van der Waals surface area (Å²) >= 11 is 0. The molecule has 0 aliphatic carbocycles. The molecule has 13 heavy (non-hydrogen) atoms. The van der Waals surface area contributed by atoms with Crippen LogP contribution in [0.5, 0.6) is 0 Å². The number of likely N-dealkylation sites (N-methyl/N-ethyl adjacent to an activating group) is 1. The summed E-state index contributed by atoms with van der Waals surface area (Å²) in [7, 11) is 1.54. The Morgan fingerprint density at radius 1 is 1.46 bits per heavy atom. The molecule has 6 N–H and O–H groups in total. The normalized spacial score (nSPS) is 14.7. The summed E-state index contributed by atoms with van der Waals surface area (Å²) in [5.74, 6) is -0.742. The molecular formula is C7H16N4O2. The van der Waals surface area contributed by atoms with Crippen LogP contribution in [0, 0.1) is 0 Å². The number of rotatable bonds is 5. The number of primary amides is 1. The van der Waals surface area contributed by atoms with Gasteiger partial charge in [-0.25, -0.2) is 0 Å². The lowest BCUT2D eigenvalue weighted by Crippen LogP contribution is -2.49. The van der Waals surface area contributed by atoms with Crippen molar-refractivity contribution in [2.45, 2.75) is 19.0 Å². The zero-order chi connectivity index (χ0) is 10.4. The second-order valence-corrected chi connectivity index (χ2v) is 2.75. The Morgan fingerprint density at radius 2 is 2.00 bits per heavy atom. The predicted octanol–water partition coefficient (Wildman–Crippen LogP) is -2.48. The van der Waals surface area contributed by atoms with Crippen molar-refractivity contribution >= 4 is 11.8 Å². The molecule has 2 atom stereocenters. The van der Waals surface area contributed by atoms with Gasteiger partial charge in [0.15, 0.2) is 0 Å². The first-order valence-electron chi connectivity index (χ1n) is 3.99. The molecule has 0 spiro atoms. The molecule has 0 radical (unpaired) electrons. The van der Waals surface area contributed by atoms with Crippen LogP contribution < -0.4 is 22.1 Å². The Kier molecular flexibility index (Phi) is 5.01. The summed E-state index contributed by atoms with van der Waals surface area (Å²) in [6.45, 7) is 1.87. The quantitative estimate of drug-likeness (QED) is 0.383. The highest BCUT2D eigenvalue weighted by Crippen LogP contribution is 1.81. The van der Waals surface area contributed by atoms with Gasteiger partial charge in [0.25, 0.3) is 0 Å². The lowest BCUT2D eigenvalue weighted by atomic mass is 10.2. The Labute approximate surface area is 77.0 Å². The maximum Gasteiger partial charge on any atom is 0.236 e. The van der Waals surface area contributed by atoms with Crippen LogP contribution in [0.25, 0.3) is 0 Å². The topological polar surface area (TPSA) is 110 Å². The second kappa shape index (κ2) is 5.50. The van der Waals surface area contributed by atoms with Crippen molar-refractivity contribution in [2.75, 3.05) is 13.6 Å². The third-order valence-corrected chi connectivity index (χ3v) is 1.65. The summed E-state index contributed by atoms with van der Waals surface area (Å²) in [4.78, 5) is 21.5. The molecule has 0 saturated heterocycles. The van der Waals surface area contributed by atoms with E-state index in [0.29, 0.717) is 0 Å². The van der Waals surface area contributed by atoms with Crippen molar-refractivity contribution in [1.29, 1.82) is 0 Å². The molecular weight excluding hydrogens is 172 g/mol. The van der Waals surface area contributed by atoms with Gasteiger partial charge in [-0.1, -0.05) is 0 Å². The molecule has 76 valence electrons. The third-order valence-electron chi connectivity index (χ3n) is 1.65. The fourth-order valence-corrected chi connectivity index (χ4v) is 0.714. The van der Waals surface area contributed by atoms with Crippen molar-refractivity contribution in [3.05, 3.63) is 0 Å². The van der Waals surface area contributed by atoms with Crippen molar-refractivity contribution < 1.29 is 9.59 Å². The highest BCUT2D eigenvalue weighted by molar-refractivity contribution is 5.82. The number of hydrogen-bond acceptors (Lipinski definition) is 4. The molecule has 0 aliphatic heterocycles. The summed E-state index contributed by atoms with van der Waals surface area (Å²) in [5, 5.41) is 5.24. The van der Waals surface area contributed by atoms with Crippen LogP contribution in [0.4, 0.5) is 0 Å². The van der Waals surface area contributed by atoms with E-state index in [0.717, 1.165) is 0 Å². The van der Waals surface area contributed by atoms with Gasteiger partial charge >= 0.3 is 0 Å². The minimum atomic E-state index is -0.757. The van der Waals surface area contributed by atoms with Gasteiger partial charge in [0.1, 0.15) is 0 Å². The zero-order valence-electron chi connectivity index (χ0n) is 7.83. The van der Waals surface area contributed by atoms with E-state index in [4.69, 9.17) is 11.5 Å². The van der Waals surface area contributed by atoms with Crippen LogP contribution in [-0.2, 0) is 9.59 Å².